The third kappa shape index (κ3) is 4.01. The molecule has 0 spiro atoms. The van der Waals surface area contributed by atoms with E-state index in [0.29, 0.717) is 16.0 Å². The molecule has 104 valence electrons. The molecule has 0 saturated carbocycles. The van der Waals surface area contributed by atoms with Gasteiger partial charge in [0.1, 0.15) is 0 Å². The van der Waals surface area contributed by atoms with E-state index in [1.807, 2.05) is 5.32 Å². The Balaban J connectivity index is 1.97. The standard InChI is InChI=1S/C12H10ClN3O3S/c13-8-3-1-7(2-4-8)9-5-15-12(19-9)20-6-10(17)16-11(14)18/h1-5H,6H2,(H3,14,16,17,18). The Kier molecular flexibility index (Phi) is 4.65. The normalized spacial score (nSPS) is 10.2. The summed E-state index contributed by atoms with van der Waals surface area (Å²) in [6.45, 7) is 0. The van der Waals surface area contributed by atoms with Gasteiger partial charge in [0.25, 0.3) is 5.22 Å². The van der Waals surface area contributed by atoms with Crippen LogP contribution in [0.4, 0.5) is 4.79 Å². The maximum Gasteiger partial charge on any atom is 0.318 e. The van der Waals surface area contributed by atoms with Crippen molar-refractivity contribution in [3.8, 4) is 11.3 Å². The predicted molar refractivity (Wildman–Crippen MR) is 75.4 cm³/mol. The van der Waals surface area contributed by atoms with E-state index in [4.69, 9.17) is 21.8 Å². The second-order valence-electron chi connectivity index (χ2n) is 3.70. The van der Waals surface area contributed by atoms with Gasteiger partial charge in [0.05, 0.1) is 11.9 Å². The van der Waals surface area contributed by atoms with Crippen LogP contribution in [-0.2, 0) is 4.79 Å². The second-order valence-corrected chi connectivity index (χ2v) is 5.06. The number of nitrogens with two attached hydrogens (primary N) is 1. The van der Waals surface area contributed by atoms with E-state index >= 15 is 0 Å². The van der Waals surface area contributed by atoms with E-state index in [-0.39, 0.29) is 5.75 Å². The van der Waals surface area contributed by atoms with Crippen LogP contribution < -0.4 is 11.1 Å². The molecule has 6 nitrogen and oxygen atoms in total. The molecule has 3 amide bonds. The van der Waals surface area contributed by atoms with Crippen molar-refractivity contribution in [2.75, 3.05) is 5.75 Å². The average molecular weight is 312 g/mol. The molecule has 0 aliphatic heterocycles. The molecule has 3 N–H and O–H groups in total. The van der Waals surface area contributed by atoms with Gasteiger partial charge in [-0.25, -0.2) is 9.78 Å². The zero-order valence-corrected chi connectivity index (χ0v) is 11.7. The lowest BCUT2D eigenvalue weighted by molar-refractivity contribution is -0.117. The number of amides is 3. The highest BCUT2D eigenvalue weighted by Gasteiger charge is 2.10. The maximum atomic E-state index is 11.2. The molecular formula is C12H10ClN3O3S. The number of carbonyl (C=O) groups excluding carboxylic acids is 2. The van der Waals surface area contributed by atoms with Crippen LogP contribution in [0.1, 0.15) is 0 Å². The molecule has 2 rings (SSSR count). The van der Waals surface area contributed by atoms with Crippen molar-refractivity contribution >= 4 is 35.3 Å². The van der Waals surface area contributed by atoms with Gasteiger partial charge in [-0.2, -0.15) is 0 Å². The number of hydrogen-bond donors (Lipinski definition) is 2. The van der Waals surface area contributed by atoms with Crippen LogP contribution in [0.2, 0.25) is 5.02 Å². The minimum atomic E-state index is -0.884. The summed E-state index contributed by atoms with van der Waals surface area (Å²) < 4.78 is 5.48. The first-order valence-electron chi connectivity index (χ1n) is 5.48. The SMILES string of the molecule is NC(=O)NC(=O)CSc1ncc(-c2ccc(Cl)cc2)o1. The summed E-state index contributed by atoms with van der Waals surface area (Å²) in [6.07, 6.45) is 1.55. The first-order valence-corrected chi connectivity index (χ1v) is 6.85. The van der Waals surface area contributed by atoms with Crippen LogP contribution in [-0.4, -0.2) is 22.7 Å². The molecule has 0 radical (unpaired) electrons. The Morgan fingerprint density at radius 1 is 1.35 bits per heavy atom. The molecule has 0 aliphatic rings. The monoisotopic (exact) mass is 311 g/mol. The van der Waals surface area contributed by atoms with Gasteiger partial charge >= 0.3 is 6.03 Å². The second kappa shape index (κ2) is 6.44. The highest BCUT2D eigenvalue weighted by atomic mass is 35.5. The number of hydrogen-bond acceptors (Lipinski definition) is 5. The fourth-order valence-electron chi connectivity index (χ4n) is 1.37. The Morgan fingerprint density at radius 2 is 2.05 bits per heavy atom. The molecule has 8 heteroatoms. The van der Waals surface area contributed by atoms with E-state index in [0.717, 1.165) is 17.3 Å². The molecule has 0 saturated heterocycles. The van der Waals surface area contributed by atoms with Crippen molar-refractivity contribution in [1.82, 2.24) is 10.3 Å². The summed E-state index contributed by atoms with van der Waals surface area (Å²) >= 11 is 6.86. The summed E-state index contributed by atoms with van der Waals surface area (Å²) in [5.41, 5.74) is 5.65. The van der Waals surface area contributed by atoms with Crippen LogP contribution in [0.15, 0.2) is 40.1 Å². The molecule has 2 aromatic rings. The number of nitrogens with zero attached hydrogens (tertiary/aromatic N) is 1. The van der Waals surface area contributed by atoms with Crippen LogP contribution in [0.5, 0.6) is 0 Å². The summed E-state index contributed by atoms with van der Waals surface area (Å²) in [6, 6.07) is 6.21. The number of imide groups is 1. The van der Waals surface area contributed by atoms with Gasteiger partial charge in [-0.1, -0.05) is 23.4 Å². The Bertz CT molecular complexity index is 627. The fourth-order valence-corrected chi connectivity index (χ4v) is 2.10. The van der Waals surface area contributed by atoms with Gasteiger partial charge < -0.3 is 10.2 Å². The van der Waals surface area contributed by atoms with E-state index in [9.17, 15) is 9.59 Å². The zero-order valence-electron chi connectivity index (χ0n) is 10.1. The van der Waals surface area contributed by atoms with Gasteiger partial charge in [0.2, 0.25) is 5.91 Å². The quantitative estimate of drug-likeness (QED) is 0.844. The van der Waals surface area contributed by atoms with Crippen LogP contribution in [0.3, 0.4) is 0 Å². The summed E-state index contributed by atoms with van der Waals surface area (Å²) in [5, 5.41) is 2.91. The van der Waals surface area contributed by atoms with Gasteiger partial charge in [-0.15, -0.1) is 0 Å². The summed E-state index contributed by atoms with van der Waals surface area (Å²) in [4.78, 5) is 25.7. The molecule has 0 bridgehead atoms. The van der Waals surface area contributed by atoms with Crippen molar-refractivity contribution in [3.63, 3.8) is 0 Å². The third-order valence-electron chi connectivity index (χ3n) is 2.20. The van der Waals surface area contributed by atoms with Crippen molar-refractivity contribution in [2.45, 2.75) is 5.22 Å². The van der Waals surface area contributed by atoms with Crippen molar-refractivity contribution < 1.29 is 14.0 Å². The minimum absolute atomic E-state index is 0.0104. The Hall–Kier alpha value is -1.99. The molecule has 1 aromatic heterocycles. The van der Waals surface area contributed by atoms with Gasteiger partial charge in [0.15, 0.2) is 5.76 Å². The van der Waals surface area contributed by atoms with E-state index in [2.05, 4.69) is 4.98 Å². The number of benzene rings is 1. The predicted octanol–water partition coefficient (Wildman–Crippen LogP) is 2.28. The van der Waals surface area contributed by atoms with Crippen molar-refractivity contribution in [2.24, 2.45) is 5.73 Å². The lowest BCUT2D eigenvalue weighted by Gasteiger charge is -1.98. The third-order valence-corrected chi connectivity index (χ3v) is 3.30. The summed E-state index contributed by atoms with van der Waals surface area (Å²) in [7, 11) is 0. The molecule has 0 atom stereocenters. The number of carbonyl (C=O) groups is 2. The minimum Gasteiger partial charge on any atom is -0.431 e. The van der Waals surface area contributed by atoms with Gasteiger partial charge in [0, 0.05) is 10.6 Å². The number of oxazole rings is 1. The highest BCUT2D eigenvalue weighted by Crippen LogP contribution is 2.26. The van der Waals surface area contributed by atoms with E-state index in [1.165, 1.54) is 0 Å². The molecular weight excluding hydrogens is 302 g/mol. The van der Waals surface area contributed by atoms with E-state index < -0.39 is 11.9 Å². The van der Waals surface area contributed by atoms with Gasteiger partial charge in [-0.05, 0) is 24.3 Å². The lowest BCUT2D eigenvalue weighted by atomic mass is 10.2. The first kappa shape index (κ1) is 14.4. The molecule has 20 heavy (non-hydrogen) atoms. The number of thioether (sulfide) groups is 1. The summed E-state index contributed by atoms with van der Waals surface area (Å²) in [5.74, 6) is 0.0528. The smallest absolute Gasteiger partial charge is 0.318 e. The highest BCUT2D eigenvalue weighted by molar-refractivity contribution is 7.99. The molecule has 1 heterocycles. The van der Waals surface area contributed by atoms with Crippen LogP contribution in [0, 0.1) is 0 Å². The Morgan fingerprint density at radius 3 is 2.70 bits per heavy atom. The maximum absolute atomic E-state index is 11.2. The van der Waals surface area contributed by atoms with Crippen LogP contribution in [0.25, 0.3) is 11.3 Å². The average Bonchev–Trinajstić information content (AvgIpc) is 2.85. The number of nitrogens with one attached hydrogen (secondary N) is 1. The fraction of sp³-hybridized carbons (Fsp3) is 0.0833. The van der Waals surface area contributed by atoms with E-state index in [1.54, 1.807) is 30.5 Å². The van der Waals surface area contributed by atoms with Crippen molar-refractivity contribution in [3.05, 3.63) is 35.5 Å². The molecule has 1 aromatic carbocycles. The molecule has 0 unspecified atom stereocenters. The number of aromatic nitrogens is 1. The topological polar surface area (TPSA) is 98.2 Å². The zero-order chi connectivity index (χ0) is 14.5. The Labute approximate surface area is 123 Å². The number of urea groups is 1. The lowest BCUT2D eigenvalue weighted by Crippen LogP contribution is -2.36. The number of primary amides is 1. The molecule has 0 fully saturated rings. The van der Waals surface area contributed by atoms with Gasteiger partial charge in [-0.3, -0.25) is 10.1 Å². The largest absolute Gasteiger partial charge is 0.431 e. The first-order chi connectivity index (χ1) is 9.54. The number of halogens is 1. The van der Waals surface area contributed by atoms with Crippen LogP contribution >= 0.6 is 23.4 Å². The number of rotatable bonds is 4. The molecule has 0 aliphatic carbocycles. The van der Waals surface area contributed by atoms with Crippen molar-refractivity contribution in [1.29, 1.82) is 0 Å².